The van der Waals surface area contributed by atoms with Gasteiger partial charge in [-0.25, -0.2) is 0 Å². The van der Waals surface area contributed by atoms with Crippen molar-refractivity contribution in [2.75, 3.05) is 60.0 Å². The van der Waals surface area contributed by atoms with Crippen molar-refractivity contribution < 1.29 is 19.4 Å². The van der Waals surface area contributed by atoms with Crippen LogP contribution in [0.1, 0.15) is 12.8 Å². The highest BCUT2D eigenvalue weighted by Crippen LogP contribution is 2.38. The molecule has 2 aliphatic heterocycles. The van der Waals surface area contributed by atoms with Crippen molar-refractivity contribution in [3.8, 4) is 11.5 Å². The number of benzene rings is 1. The molecule has 7 heteroatoms. The van der Waals surface area contributed by atoms with Gasteiger partial charge in [0, 0.05) is 51.4 Å². The van der Waals surface area contributed by atoms with E-state index >= 15 is 0 Å². The Balaban J connectivity index is 1.30. The molecule has 1 aromatic rings. The Morgan fingerprint density at radius 2 is 1.79 bits per heavy atom. The number of hydrogen-bond donors (Lipinski definition) is 1. The molecule has 1 amide bonds. The zero-order valence-corrected chi connectivity index (χ0v) is 17.5. The first-order valence-corrected chi connectivity index (χ1v) is 10.7. The number of likely N-dealkylation sites (N-methyl/N-ethyl adjacent to an activating group) is 1. The van der Waals surface area contributed by atoms with E-state index in [2.05, 4.69) is 16.8 Å². The van der Waals surface area contributed by atoms with Gasteiger partial charge in [0.05, 0.1) is 13.2 Å². The van der Waals surface area contributed by atoms with E-state index in [1.165, 1.54) is 0 Å². The molecule has 2 saturated heterocycles. The Labute approximate surface area is 173 Å². The highest BCUT2D eigenvalue weighted by atomic mass is 16.5. The van der Waals surface area contributed by atoms with Gasteiger partial charge in [0.15, 0.2) is 6.61 Å². The highest BCUT2D eigenvalue weighted by molar-refractivity contribution is 5.78. The number of methoxy groups -OCH3 is 1. The summed E-state index contributed by atoms with van der Waals surface area (Å²) in [7, 11) is 3.76. The van der Waals surface area contributed by atoms with E-state index in [0.29, 0.717) is 23.3 Å². The summed E-state index contributed by atoms with van der Waals surface area (Å²) >= 11 is 0. The van der Waals surface area contributed by atoms with E-state index < -0.39 is 0 Å². The molecule has 2 heterocycles. The number of hydrogen-bond acceptors (Lipinski definition) is 6. The first-order chi connectivity index (χ1) is 14.0. The lowest BCUT2D eigenvalue weighted by Gasteiger charge is -2.44. The minimum absolute atomic E-state index is 0.0212. The maximum Gasteiger partial charge on any atom is 0.260 e. The van der Waals surface area contributed by atoms with Gasteiger partial charge in [0.1, 0.15) is 11.5 Å². The van der Waals surface area contributed by atoms with Crippen LogP contribution in [0.4, 0.5) is 0 Å². The topological polar surface area (TPSA) is 65.5 Å². The summed E-state index contributed by atoms with van der Waals surface area (Å²) in [6, 6.07) is 7.54. The third kappa shape index (κ3) is 4.68. The molecule has 0 aromatic heterocycles. The zero-order valence-electron chi connectivity index (χ0n) is 17.5. The molecule has 3 aliphatic rings. The summed E-state index contributed by atoms with van der Waals surface area (Å²) in [5.41, 5.74) is 0. The molecule has 0 spiro atoms. The van der Waals surface area contributed by atoms with E-state index in [9.17, 15) is 9.90 Å². The minimum atomic E-state index is -0.289. The fourth-order valence-corrected chi connectivity index (χ4v) is 5.08. The first kappa shape index (κ1) is 20.4. The largest absolute Gasteiger partial charge is 0.497 e. The normalized spacial score (nSPS) is 30.8. The Hall–Kier alpha value is -1.83. The number of aliphatic hydroxyl groups excluding tert-OH is 1. The predicted molar refractivity (Wildman–Crippen MR) is 110 cm³/mol. The van der Waals surface area contributed by atoms with E-state index in [1.807, 2.05) is 23.1 Å². The fourth-order valence-electron chi connectivity index (χ4n) is 5.08. The average Bonchev–Trinajstić information content (AvgIpc) is 3.15. The van der Waals surface area contributed by atoms with Gasteiger partial charge in [-0.15, -0.1) is 0 Å². The van der Waals surface area contributed by atoms with Gasteiger partial charge in [-0.1, -0.05) is 6.07 Å². The van der Waals surface area contributed by atoms with E-state index in [-0.39, 0.29) is 24.7 Å². The number of amides is 1. The molecular weight excluding hydrogens is 370 g/mol. The van der Waals surface area contributed by atoms with Crippen molar-refractivity contribution >= 4 is 5.91 Å². The molecule has 3 fully saturated rings. The van der Waals surface area contributed by atoms with Gasteiger partial charge in [-0.3, -0.25) is 9.69 Å². The number of carbonyl (C=O) groups excluding carboxylic acids is 1. The molecule has 4 atom stereocenters. The molecule has 29 heavy (non-hydrogen) atoms. The summed E-state index contributed by atoms with van der Waals surface area (Å²) in [4.78, 5) is 19.4. The Bertz CT molecular complexity index is 707. The Kier molecular flexibility index (Phi) is 6.27. The predicted octanol–water partition coefficient (Wildman–Crippen LogP) is 0.919. The number of ether oxygens (including phenoxy) is 2. The summed E-state index contributed by atoms with van der Waals surface area (Å²) in [6.07, 6.45) is 1.49. The third-order valence-electron chi connectivity index (χ3n) is 6.87. The molecule has 1 aromatic carbocycles. The number of likely N-dealkylation sites (tertiary alicyclic amines) is 1. The number of rotatable bonds is 5. The Morgan fingerprint density at radius 1 is 1.10 bits per heavy atom. The molecule has 1 aliphatic carbocycles. The van der Waals surface area contributed by atoms with Crippen molar-refractivity contribution in [3.63, 3.8) is 0 Å². The van der Waals surface area contributed by atoms with Gasteiger partial charge in [-0.2, -0.15) is 0 Å². The van der Waals surface area contributed by atoms with Crippen LogP contribution in [0.15, 0.2) is 24.3 Å². The van der Waals surface area contributed by atoms with Crippen LogP contribution in [0, 0.1) is 11.8 Å². The van der Waals surface area contributed by atoms with Crippen LogP contribution in [0.3, 0.4) is 0 Å². The van der Waals surface area contributed by atoms with E-state index in [0.717, 1.165) is 52.1 Å². The number of carbonyl (C=O) groups is 1. The first-order valence-electron chi connectivity index (χ1n) is 10.7. The molecule has 1 N–H and O–H groups in total. The molecule has 0 bridgehead atoms. The lowest BCUT2D eigenvalue weighted by atomic mass is 9.77. The quantitative estimate of drug-likeness (QED) is 0.789. The van der Waals surface area contributed by atoms with Gasteiger partial charge in [0.25, 0.3) is 5.91 Å². The van der Waals surface area contributed by atoms with Crippen molar-refractivity contribution in [3.05, 3.63) is 24.3 Å². The number of aliphatic hydroxyl groups is 1. The molecular formula is C22H33N3O4. The second-order valence-corrected chi connectivity index (χ2v) is 8.73. The SMILES string of the molecule is COc1cccc(OCC(=O)N2C[C@H]3C[C@@H](N4CCN(C)CC4)[C@H](O)C[C@H]3C2)c1. The van der Waals surface area contributed by atoms with E-state index in [4.69, 9.17) is 9.47 Å². The second-order valence-electron chi connectivity index (χ2n) is 8.73. The summed E-state index contributed by atoms with van der Waals surface area (Å²) in [5.74, 6) is 2.25. The molecule has 1 saturated carbocycles. The van der Waals surface area contributed by atoms with Gasteiger partial charge in [0.2, 0.25) is 0 Å². The van der Waals surface area contributed by atoms with Gasteiger partial charge < -0.3 is 24.4 Å². The summed E-state index contributed by atoms with van der Waals surface area (Å²) < 4.78 is 10.9. The number of fused-ring (bicyclic) bond motifs is 1. The highest BCUT2D eigenvalue weighted by Gasteiger charge is 2.44. The summed E-state index contributed by atoms with van der Waals surface area (Å²) in [5, 5.41) is 10.8. The molecule has 0 radical (unpaired) electrons. The van der Waals surface area contributed by atoms with Crippen LogP contribution < -0.4 is 9.47 Å². The van der Waals surface area contributed by atoms with Crippen molar-refractivity contribution in [2.45, 2.75) is 25.0 Å². The molecule has 0 unspecified atom stereocenters. The molecule has 7 nitrogen and oxygen atoms in total. The van der Waals surface area contributed by atoms with Crippen LogP contribution in [0.2, 0.25) is 0 Å². The zero-order chi connectivity index (χ0) is 20.4. The average molecular weight is 404 g/mol. The molecule has 160 valence electrons. The van der Waals surface area contributed by atoms with Crippen molar-refractivity contribution in [1.29, 1.82) is 0 Å². The number of piperazine rings is 1. The smallest absolute Gasteiger partial charge is 0.260 e. The van der Waals surface area contributed by atoms with Crippen LogP contribution >= 0.6 is 0 Å². The maximum atomic E-state index is 12.7. The Morgan fingerprint density at radius 3 is 2.52 bits per heavy atom. The monoisotopic (exact) mass is 403 g/mol. The van der Waals surface area contributed by atoms with Gasteiger partial charge in [-0.05, 0) is 43.9 Å². The lowest BCUT2D eigenvalue weighted by molar-refractivity contribution is -0.132. The van der Waals surface area contributed by atoms with Crippen LogP contribution in [0.25, 0.3) is 0 Å². The van der Waals surface area contributed by atoms with Crippen LogP contribution in [0.5, 0.6) is 11.5 Å². The van der Waals surface area contributed by atoms with Crippen molar-refractivity contribution in [2.24, 2.45) is 11.8 Å². The lowest BCUT2D eigenvalue weighted by Crippen LogP contribution is -2.55. The minimum Gasteiger partial charge on any atom is -0.497 e. The third-order valence-corrected chi connectivity index (χ3v) is 6.87. The van der Waals surface area contributed by atoms with Crippen molar-refractivity contribution in [1.82, 2.24) is 14.7 Å². The summed E-state index contributed by atoms with van der Waals surface area (Å²) in [6.45, 7) is 5.71. The van der Waals surface area contributed by atoms with Gasteiger partial charge >= 0.3 is 0 Å². The van der Waals surface area contributed by atoms with E-state index in [1.54, 1.807) is 13.2 Å². The number of nitrogens with zero attached hydrogens (tertiary/aromatic N) is 3. The molecule has 4 rings (SSSR count). The van der Waals surface area contributed by atoms with Crippen LogP contribution in [-0.4, -0.2) is 97.9 Å². The fraction of sp³-hybridized carbons (Fsp3) is 0.682. The van der Waals surface area contributed by atoms with Crippen LogP contribution in [-0.2, 0) is 4.79 Å². The maximum absolute atomic E-state index is 12.7. The second kappa shape index (κ2) is 8.90. The standard InChI is InChI=1S/C22H33N3O4/c1-23-6-8-24(9-7-23)20-10-16-13-25(14-17(16)11-21(20)26)22(27)15-29-19-5-3-4-18(12-19)28-2/h3-5,12,16-17,20-21,26H,6-11,13-15H2,1-2H3/t16-,17+,20-,21-/m1/s1.